The minimum Gasteiger partial charge on any atom is -0.388 e. The fraction of sp³-hybridized carbons (Fsp3) is 0.846. The van der Waals surface area contributed by atoms with Gasteiger partial charge < -0.3 is 10.4 Å². The monoisotopic (exact) mass is 252 g/mol. The Morgan fingerprint density at radius 3 is 2.78 bits per heavy atom. The normalized spacial score (nSPS) is 16.2. The first-order valence-corrected chi connectivity index (χ1v) is 6.97. The van der Waals surface area contributed by atoms with Gasteiger partial charge in [-0.25, -0.2) is 4.68 Å². The molecule has 18 heavy (non-hydrogen) atoms. The van der Waals surface area contributed by atoms with Crippen LogP contribution in [0.25, 0.3) is 0 Å². The summed E-state index contributed by atoms with van der Waals surface area (Å²) in [4.78, 5) is 0. The van der Waals surface area contributed by atoms with Crippen LogP contribution in [0, 0.1) is 5.92 Å². The van der Waals surface area contributed by atoms with Crippen molar-refractivity contribution in [1.82, 2.24) is 20.3 Å². The highest BCUT2D eigenvalue weighted by Gasteiger charge is 2.23. The highest BCUT2D eigenvalue weighted by atomic mass is 16.3. The zero-order chi connectivity index (χ0) is 13.0. The van der Waals surface area contributed by atoms with Gasteiger partial charge in [0.1, 0.15) is 0 Å². The number of nitrogens with one attached hydrogen (secondary N) is 1. The summed E-state index contributed by atoms with van der Waals surface area (Å²) in [6.45, 7) is 6.38. The van der Waals surface area contributed by atoms with Gasteiger partial charge in [0, 0.05) is 12.7 Å². The maximum atomic E-state index is 10.2. The van der Waals surface area contributed by atoms with Gasteiger partial charge in [0.25, 0.3) is 0 Å². The summed E-state index contributed by atoms with van der Waals surface area (Å²) in [6, 6.07) is 0. The molecule has 1 fully saturated rings. The van der Waals surface area contributed by atoms with Gasteiger partial charge in [-0.15, -0.1) is 5.10 Å². The molecule has 1 aromatic rings. The molecule has 0 saturated heterocycles. The minimum absolute atomic E-state index is 0.523. The van der Waals surface area contributed by atoms with Gasteiger partial charge in [0.15, 0.2) is 0 Å². The number of nitrogens with zero attached hydrogens (tertiary/aromatic N) is 3. The Labute approximate surface area is 109 Å². The zero-order valence-corrected chi connectivity index (χ0v) is 11.4. The average molecular weight is 252 g/mol. The van der Waals surface area contributed by atoms with Gasteiger partial charge in [-0.05, 0) is 38.1 Å². The summed E-state index contributed by atoms with van der Waals surface area (Å²) in [5.74, 6) is 0.880. The molecule has 102 valence electrons. The summed E-state index contributed by atoms with van der Waals surface area (Å²) in [7, 11) is 0. The van der Waals surface area contributed by atoms with E-state index >= 15 is 0 Å². The number of hydrogen-bond acceptors (Lipinski definition) is 4. The molecule has 0 atom stereocenters. The van der Waals surface area contributed by atoms with Gasteiger partial charge in [0.2, 0.25) is 0 Å². The van der Waals surface area contributed by atoms with E-state index < -0.39 is 5.60 Å². The van der Waals surface area contributed by atoms with Gasteiger partial charge in [-0.3, -0.25) is 0 Å². The van der Waals surface area contributed by atoms with Gasteiger partial charge in [0.05, 0.1) is 17.8 Å². The first-order chi connectivity index (χ1) is 8.65. The molecule has 0 aliphatic heterocycles. The van der Waals surface area contributed by atoms with Crippen molar-refractivity contribution in [2.24, 2.45) is 5.92 Å². The second-order valence-corrected chi connectivity index (χ2v) is 5.41. The molecule has 2 rings (SSSR count). The van der Waals surface area contributed by atoms with Crippen LogP contribution in [0.4, 0.5) is 0 Å². The van der Waals surface area contributed by atoms with Crippen LogP contribution in [0.2, 0.25) is 0 Å². The largest absolute Gasteiger partial charge is 0.388 e. The molecular weight excluding hydrogens is 228 g/mol. The predicted molar refractivity (Wildman–Crippen MR) is 70.0 cm³/mol. The highest BCUT2D eigenvalue weighted by Crippen LogP contribution is 2.27. The third-order valence-electron chi connectivity index (χ3n) is 3.79. The SMILES string of the molecule is CCC(O)(CC)Cn1cc(CNCC2CC2)nn1. The molecule has 0 aromatic carbocycles. The molecule has 1 aliphatic carbocycles. The lowest BCUT2D eigenvalue weighted by Crippen LogP contribution is -2.32. The Balaban J connectivity index is 1.80. The molecule has 0 unspecified atom stereocenters. The Hall–Kier alpha value is -0.940. The Morgan fingerprint density at radius 2 is 2.17 bits per heavy atom. The van der Waals surface area contributed by atoms with Crippen molar-refractivity contribution in [3.63, 3.8) is 0 Å². The molecule has 1 heterocycles. The van der Waals surface area contributed by atoms with Gasteiger partial charge in [-0.1, -0.05) is 19.1 Å². The lowest BCUT2D eigenvalue weighted by atomic mass is 9.98. The number of hydrogen-bond donors (Lipinski definition) is 2. The predicted octanol–water partition coefficient (Wildman–Crippen LogP) is 1.33. The maximum Gasteiger partial charge on any atom is 0.0964 e. The Bertz CT molecular complexity index is 369. The number of aliphatic hydroxyl groups is 1. The van der Waals surface area contributed by atoms with Crippen LogP contribution in [0.1, 0.15) is 45.2 Å². The van der Waals surface area contributed by atoms with E-state index in [9.17, 15) is 5.11 Å². The molecule has 2 N–H and O–H groups in total. The summed E-state index contributed by atoms with van der Waals surface area (Å²) in [5.41, 5.74) is 0.289. The van der Waals surface area contributed by atoms with Crippen LogP contribution in [0.5, 0.6) is 0 Å². The van der Waals surface area contributed by atoms with Crippen molar-refractivity contribution in [3.8, 4) is 0 Å². The molecular formula is C13H24N4O. The highest BCUT2D eigenvalue weighted by molar-refractivity contribution is 4.93. The Morgan fingerprint density at radius 1 is 1.44 bits per heavy atom. The minimum atomic E-state index is -0.660. The van der Waals surface area contributed by atoms with E-state index in [1.165, 1.54) is 12.8 Å². The van der Waals surface area contributed by atoms with E-state index in [-0.39, 0.29) is 0 Å². The van der Waals surface area contributed by atoms with Gasteiger partial charge >= 0.3 is 0 Å². The van der Waals surface area contributed by atoms with E-state index in [0.29, 0.717) is 6.54 Å². The number of rotatable bonds is 8. The van der Waals surface area contributed by atoms with E-state index in [4.69, 9.17) is 0 Å². The van der Waals surface area contributed by atoms with Crippen LogP contribution >= 0.6 is 0 Å². The van der Waals surface area contributed by atoms with E-state index in [1.54, 1.807) is 4.68 Å². The van der Waals surface area contributed by atoms with Gasteiger partial charge in [-0.2, -0.15) is 0 Å². The van der Waals surface area contributed by atoms with E-state index in [2.05, 4.69) is 15.6 Å². The quantitative estimate of drug-likeness (QED) is 0.732. The molecule has 0 bridgehead atoms. The molecule has 0 spiro atoms. The van der Waals surface area contributed by atoms with Crippen molar-refractivity contribution >= 4 is 0 Å². The second-order valence-electron chi connectivity index (χ2n) is 5.41. The maximum absolute atomic E-state index is 10.2. The summed E-state index contributed by atoms with van der Waals surface area (Å²) >= 11 is 0. The van der Waals surface area contributed by atoms with E-state index in [1.807, 2.05) is 20.0 Å². The zero-order valence-electron chi connectivity index (χ0n) is 11.4. The summed E-state index contributed by atoms with van der Waals surface area (Å²) < 4.78 is 1.75. The first-order valence-electron chi connectivity index (χ1n) is 6.97. The number of aromatic nitrogens is 3. The Kier molecular flexibility index (Phi) is 4.35. The second kappa shape index (κ2) is 5.80. The van der Waals surface area contributed by atoms with E-state index in [0.717, 1.165) is 37.5 Å². The lowest BCUT2D eigenvalue weighted by Gasteiger charge is -2.24. The topological polar surface area (TPSA) is 63.0 Å². The molecule has 1 aliphatic rings. The molecule has 1 aromatic heterocycles. The summed E-state index contributed by atoms with van der Waals surface area (Å²) in [6.07, 6.45) is 6.12. The molecule has 5 heteroatoms. The fourth-order valence-corrected chi connectivity index (χ4v) is 2.00. The van der Waals surface area contributed by atoms with Crippen LogP contribution in [-0.2, 0) is 13.1 Å². The standard InChI is InChI=1S/C13H24N4O/c1-3-13(18,4-2)10-17-9-12(15-16-17)8-14-7-11-5-6-11/h9,11,14,18H,3-8,10H2,1-2H3. The molecule has 0 radical (unpaired) electrons. The van der Waals surface area contributed by atoms with Crippen molar-refractivity contribution in [3.05, 3.63) is 11.9 Å². The first kappa shape index (κ1) is 13.5. The van der Waals surface area contributed by atoms with Crippen LogP contribution < -0.4 is 5.32 Å². The van der Waals surface area contributed by atoms with Crippen LogP contribution in [-0.4, -0.2) is 32.2 Å². The smallest absolute Gasteiger partial charge is 0.0964 e. The average Bonchev–Trinajstić information content (AvgIpc) is 3.10. The lowest BCUT2D eigenvalue weighted by molar-refractivity contribution is 0.0114. The van der Waals surface area contributed by atoms with Crippen molar-refractivity contribution in [2.45, 2.75) is 58.2 Å². The third-order valence-corrected chi connectivity index (χ3v) is 3.79. The molecule has 1 saturated carbocycles. The fourth-order valence-electron chi connectivity index (χ4n) is 2.00. The van der Waals surface area contributed by atoms with Crippen molar-refractivity contribution in [2.75, 3.05) is 6.54 Å². The van der Waals surface area contributed by atoms with Crippen LogP contribution in [0.3, 0.4) is 0 Å². The molecule has 0 amide bonds. The van der Waals surface area contributed by atoms with Crippen molar-refractivity contribution in [1.29, 1.82) is 0 Å². The summed E-state index contributed by atoms with van der Waals surface area (Å²) in [5, 5.41) is 21.8. The van der Waals surface area contributed by atoms with Crippen LogP contribution in [0.15, 0.2) is 6.20 Å². The van der Waals surface area contributed by atoms with Crippen molar-refractivity contribution < 1.29 is 5.11 Å². The molecule has 5 nitrogen and oxygen atoms in total. The third kappa shape index (κ3) is 3.78.